The van der Waals surface area contributed by atoms with E-state index >= 15 is 0 Å². The van der Waals surface area contributed by atoms with E-state index in [9.17, 15) is 19.6 Å². The molecule has 0 fully saturated rings. The van der Waals surface area contributed by atoms with Gasteiger partial charge in [-0.1, -0.05) is 35.5 Å². The Labute approximate surface area is 153 Å². The Balaban J connectivity index is 2.57. The summed E-state index contributed by atoms with van der Waals surface area (Å²) in [6.07, 6.45) is 0. The van der Waals surface area contributed by atoms with Crippen LogP contribution < -0.4 is 11.1 Å². The van der Waals surface area contributed by atoms with Crippen LogP contribution in [0.2, 0.25) is 5.02 Å². The third kappa shape index (κ3) is 4.13. The van der Waals surface area contributed by atoms with Gasteiger partial charge in [0.15, 0.2) is 0 Å². The summed E-state index contributed by atoms with van der Waals surface area (Å²) >= 11 is 6.82. The number of methoxy groups -OCH3 is 1. The lowest BCUT2D eigenvalue weighted by atomic mass is 9.78. The monoisotopic (exact) mass is 379 g/mol. The minimum Gasteiger partial charge on any atom is -0.468 e. The number of amides is 2. The summed E-state index contributed by atoms with van der Waals surface area (Å²) in [5.74, 6) is -4.15. The zero-order valence-corrected chi connectivity index (χ0v) is 14.7. The highest BCUT2D eigenvalue weighted by Crippen LogP contribution is 2.40. The zero-order chi connectivity index (χ0) is 18.6. The van der Waals surface area contributed by atoms with Crippen LogP contribution in [0.25, 0.3) is 0 Å². The van der Waals surface area contributed by atoms with Gasteiger partial charge in [0.05, 0.1) is 29.5 Å². The third-order valence-electron chi connectivity index (χ3n) is 3.57. The van der Waals surface area contributed by atoms with Gasteiger partial charge in [-0.2, -0.15) is 5.26 Å². The van der Waals surface area contributed by atoms with Gasteiger partial charge in [0, 0.05) is 10.9 Å². The lowest BCUT2D eigenvalue weighted by molar-refractivity contribution is -0.150. The van der Waals surface area contributed by atoms with Gasteiger partial charge >= 0.3 is 5.97 Å². The summed E-state index contributed by atoms with van der Waals surface area (Å²) < 4.78 is 4.72. The number of carbonyl (C=O) groups excluding carboxylic acids is 3. The maximum Gasteiger partial charge on any atom is 0.319 e. The molecule has 3 N–H and O–H groups in total. The van der Waals surface area contributed by atoms with Crippen LogP contribution in [-0.2, 0) is 19.1 Å². The van der Waals surface area contributed by atoms with Crippen molar-refractivity contribution < 1.29 is 19.1 Å². The van der Waals surface area contributed by atoms with E-state index in [2.05, 4.69) is 5.32 Å². The Morgan fingerprint density at radius 1 is 1.40 bits per heavy atom. The Kier molecular flexibility index (Phi) is 6.07. The highest BCUT2D eigenvalue weighted by Gasteiger charge is 2.44. The van der Waals surface area contributed by atoms with Gasteiger partial charge in [0.2, 0.25) is 11.8 Å². The fourth-order valence-corrected chi connectivity index (χ4v) is 3.41. The van der Waals surface area contributed by atoms with Gasteiger partial charge in [0.1, 0.15) is 5.92 Å². The molecule has 2 amide bonds. The number of carbonyl (C=O) groups is 3. The van der Waals surface area contributed by atoms with Crippen LogP contribution in [0.15, 0.2) is 34.9 Å². The minimum absolute atomic E-state index is 0.114. The predicted molar refractivity (Wildman–Crippen MR) is 92.1 cm³/mol. The molecule has 25 heavy (non-hydrogen) atoms. The summed E-state index contributed by atoms with van der Waals surface area (Å²) in [4.78, 5) is 35.6. The summed E-state index contributed by atoms with van der Waals surface area (Å²) in [6.45, 7) is 0. The maximum absolute atomic E-state index is 12.5. The number of rotatable bonds is 5. The zero-order valence-electron chi connectivity index (χ0n) is 13.1. The quantitative estimate of drug-likeness (QED) is 0.587. The number of nitrogens with zero attached hydrogens (tertiary/aromatic N) is 1. The number of esters is 1. The molecule has 0 unspecified atom stereocenters. The fraction of sp³-hybridized carbons (Fsp3) is 0.250. The predicted octanol–water partition coefficient (Wildman–Crippen LogP) is 1.30. The summed E-state index contributed by atoms with van der Waals surface area (Å²) in [5.41, 5.74) is 5.84. The average Bonchev–Trinajstić information content (AvgIpc) is 2.59. The van der Waals surface area contributed by atoms with Crippen molar-refractivity contribution in [3.63, 3.8) is 0 Å². The maximum atomic E-state index is 12.5. The van der Waals surface area contributed by atoms with Gasteiger partial charge in [0.25, 0.3) is 0 Å². The van der Waals surface area contributed by atoms with Crippen molar-refractivity contribution in [3.05, 3.63) is 45.5 Å². The molecule has 1 heterocycles. The number of nitriles is 1. The van der Waals surface area contributed by atoms with Crippen LogP contribution in [0, 0.1) is 17.2 Å². The van der Waals surface area contributed by atoms with Crippen LogP contribution in [0.1, 0.15) is 11.5 Å². The molecule has 9 heteroatoms. The number of halogens is 1. The number of benzene rings is 1. The molecular weight excluding hydrogens is 366 g/mol. The molecule has 0 aromatic heterocycles. The Hall–Kier alpha value is -2.50. The average molecular weight is 380 g/mol. The van der Waals surface area contributed by atoms with Crippen molar-refractivity contribution in [2.45, 2.75) is 5.92 Å². The number of primary amides is 1. The topological polar surface area (TPSA) is 122 Å². The van der Waals surface area contributed by atoms with Crippen molar-refractivity contribution in [1.82, 2.24) is 5.32 Å². The van der Waals surface area contributed by atoms with E-state index in [0.717, 1.165) is 11.8 Å². The fourth-order valence-electron chi connectivity index (χ4n) is 2.49. The van der Waals surface area contributed by atoms with Crippen LogP contribution in [-0.4, -0.2) is 30.6 Å². The van der Waals surface area contributed by atoms with Crippen molar-refractivity contribution in [1.29, 1.82) is 5.26 Å². The molecule has 2 rings (SSSR count). The molecule has 1 aliphatic heterocycles. The summed E-state index contributed by atoms with van der Waals surface area (Å²) in [7, 11) is 1.17. The van der Waals surface area contributed by atoms with Crippen molar-refractivity contribution in [2.75, 3.05) is 12.9 Å². The lowest BCUT2D eigenvalue weighted by Gasteiger charge is -2.30. The lowest BCUT2D eigenvalue weighted by Crippen LogP contribution is -2.44. The molecule has 7 nitrogen and oxygen atoms in total. The normalized spacial score (nSPS) is 19.8. The standard InChI is InChI=1S/C16H14ClN3O4S/c1-24-16(23)13-12(8-2-4-9(17)5-3-8)10(6-18)15(20-14(13)22)25-7-11(19)21/h2-5,12-13H,7H2,1H3,(H2,19,21)(H,20,22)/t12-,13-/m1/s1. The SMILES string of the molecule is COC(=O)[C@H]1C(=O)NC(SCC(N)=O)=C(C#N)[C@H]1c1ccc(Cl)cc1. The van der Waals surface area contributed by atoms with Gasteiger partial charge in [-0.25, -0.2) is 0 Å². The van der Waals surface area contributed by atoms with Crippen LogP contribution in [0.3, 0.4) is 0 Å². The number of allylic oxidation sites excluding steroid dienone is 1. The molecule has 0 saturated carbocycles. The van der Waals surface area contributed by atoms with Gasteiger partial charge < -0.3 is 15.8 Å². The second kappa shape index (κ2) is 8.05. The number of nitrogens with one attached hydrogen (secondary N) is 1. The van der Waals surface area contributed by atoms with Crippen LogP contribution in [0.5, 0.6) is 0 Å². The molecule has 0 radical (unpaired) electrons. The minimum atomic E-state index is -1.22. The van der Waals surface area contributed by atoms with E-state index in [0.29, 0.717) is 10.6 Å². The third-order valence-corrected chi connectivity index (χ3v) is 4.86. The second-order valence-electron chi connectivity index (χ2n) is 5.13. The molecule has 1 aliphatic rings. The van der Waals surface area contributed by atoms with E-state index in [1.165, 1.54) is 7.11 Å². The molecule has 0 spiro atoms. The number of nitrogens with two attached hydrogens (primary N) is 1. The smallest absolute Gasteiger partial charge is 0.319 e. The van der Waals surface area contributed by atoms with E-state index < -0.39 is 29.6 Å². The molecule has 1 aromatic carbocycles. The van der Waals surface area contributed by atoms with Gasteiger partial charge in [-0.3, -0.25) is 14.4 Å². The highest BCUT2D eigenvalue weighted by molar-refractivity contribution is 8.03. The number of thioether (sulfide) groups is 1. The number of ether oxygens (including phenoxy) is 1. The van der Waals surface area contributed by atoms with E-state index in [1.807, 2.05) is 6.07 Å². The van der Waals surface area contributed by atoms with Crippen molar-refractivity contribution in [3.8, 4) is 6.07 Å². The number of hydrogen-bond donors (Lipinski definition) is 2. The van der Waals surface area contributed by atoms with E-state index in [-0.39, 0.29) is 16.4 Å². The van der Waals surface area contributed by atoms with E-state index in [4.69, 9.17) is 22.1 Å². The van der Waals surface area contributed by atoms with Crippen LogP contribution >= 0.6 is 23.4 Å². The Morgan fingerprint density at radius 2 is 2.04 bits per heavy atom. The molecule has 2 atom stereocenters. The largest absolute Gasteiger partial charge is 0.468 e. The van der Waals surface area contributed by atoms with Crippen LogP contribution in [0.4, 0.5) is 0 Å². The molecule has 0 bridgehead atoms. The molecular formula is C16H14ClN3O4S. The van der Waals surface area contributed by atoms with E-state index in [1.54, 1.807) is 24.3 Å². The van der Waals surface area contributed by atoms with Gasteiger partial charge in [-0.15, -0.1) is 0 Å². The molecule has 130 valence electrons. The first-order valence-corrected chi connectivity index (χ1v) is 8.45. The highest BCUT2D eigenvalue weighted by atomic mass is 35.5. The molecule has 1 aromatic rings. The van der Waals surface area contributed by atoms with Gasteiger partial charge in [-0.05, 0) is 17.7 Å². The number of hydrogen-bond acceptors (Lipinski definition) is 6. The summed E-state index contributed by atoms with van der Waals surface area (Å²) in [5, 5.41) is 12.8. The first kappa shape index (κ1) is 18.8. The first-order chi connectivity index (χ1) is 11.9. The first-order valence-electron chi connectivity index (χ1n) is 7.08. The Bertz CT molecular complexity index is 786. The second-order valence-corrected chi connectivity index (χ2v) is 6.55. The van der Waals surface area contributed by atoms with Crippen molar-refractivity contribution >= 4 is 41.1 Å². The molecule has 0 saturated heterocycles. The molecule has 0 aliphatic carbocycles. The Morgan fingerprint density at radius 3 is 2.56 bits per heavy atom. The summed E-state index contributed by atoms with van der Waals surface area (Å²) in [6, 6.07) is 8.49. The van der Waals surface area contributed by atoms with Crippen molar-refractivity contribution in [2.24, 2.45) is 11.7 Å².